The van der Waals surface area contributed by atoms with E-state index in [1.807, 2.05) is 24.3 Å². The minimum Gasteiger partial charge on any atom is -0.448 e. The summed E-state index contributed by atoms with van der Waals surface area (Å²) in [6, 6.07) is 16.2. The van der Waals surface area contributed by atoms with Crippen LogP contribution in [0, 0.1) is 0 Å². The van der Waals surface area contributed by atoms with Gasteiger partial charge in [-0.25, -0.2) is 4.79 Å². The molecule has 3 aliphatic rings. The molecule has 0 spiro atoms. The third-order valence-electron chi connectivity index (χ3n) is 7.56. The molecule has 0 aromatic heterocycles. The normalized spacial score (nSPS) is 25.8. The van der Waals surface area contributed by atoms with Crippen LogP contribution < -0.4 is 0 Å². The van der Waals surface area contributed by atoms with Gasteiger partial charge in [0.15, 0.2) is 6.29 Å². The number of nitrogens with zero attached hydrogens (tertiary/aromatic N) is 1. The zero-order valence-corrected chi connectivity index (χ0v) is 19.8. The lowest BCUT2D eigenvalue weighted by Crippen LogP contribution is -2.63. The highest BCUT2D eigenvalue weighted by atomic mass is 16.7. The quantitative estimate of drug-likeness (QED) is 0.622. The molecule has 2 fully saturated rings. The van der Waals surface area contributed by atoms with E-state index in [-0.39, 0.29) is 37.0 Å². The molecule has 34 heavy (non-hydrogen) atoms. The highest BCUT2D eigenvalue weighted by Gasteiger charge is 2.48. The first kappa shape index (κ1) is 23.3. The van der Waals surface area contributed by atoms with Crippen LogP contribution in [0.5, 0.6) is 0 Å². The summed E-state index contributed by atoms with van der Waals surface area (Å²) in [5, 5.41) is 11.3. The molecule has 2 aromatic carbocycles. The van der Waals surface area contributed by atoms with Crippen LogP contribution in [0.4, 0.5) is 4.79 Å². The molecule has 5 rings (SSSR count). The molecule has 7 nitrogen and oxygen atoms in total. The van der Waals surface area contributed by atoms with E-state index in [4.69, 9.17) is 18.9 Å². The predicted molar refractivity (Wildman–Crippen MR) is 127 cm³/mol. The zero-order chi connectivity index (χ0) is 23.7. The van der Waals surface area contributed by atoms with Gasteiger partial charge in [0, 0.05) is 26.6 Å². The molecule has 2 aliphatic heterocycles. The summed E-state index contributed by atoms with van der Waals surface area (Å²) in [4.78, 5) is 15.1. The number of aliphatic hydroxyl groups is 1. The van der Waals surface area contributed by atoms with Gasteiger partial charge in [-0.1, -0.05) is 48.5 Å². The molecule has 1 aliphatic carbocycles. The van der Waals surface area contributed by atoms with Crippen LogP contribution in [0.15, 0.2) is 48.5 Å². The lowest BCUT2D eigenvalue weighted by molar-refractivity contribution is -0.152. The summed E-state index contributed by atoms with van der Waals surface area (Å²) >= 11 is 0. The van der Waals surface area contributed by atoms with Gasteiger partial charge in [-0.2, -0.15) is 0 Å². The Bertz CT molecular complexity index is 962. The van der Waals surface area contributed by atoms with E-state index in [2.05, 4.69) is 24.3 Å². The Morgan fingerprint density at radius 3 is 2.15 bits per heavy atom. The van der Waals surface area contributed by atoms with E-state index in [1.54, 1.807) is 19.1 Å². The van der Waals surface area contributed by atoms with Crippen LogP contribution in [0.2, 0.25) is 0 Å². The summed E-state index contributed by atoms with van der Waals surface area (Å²) in [5.74, 6) is 0.0224. The molecule has 182 valence electrons. The highest BCUT2D eigenvalue weighted by molar-refractivity contribution is 5.79. The minimum absolute atomic E-state index is 0.0224. The topological polar surface area (TPSA) is 77.5 Å². The van der Waals surface area contributed by atoms with Gasteiger partial charge in [-0.05, 0) is 41.5 Å². The van der Waals surface area contributed by atoms with Gasteiger partial charge in [0.25, 0.3) is 0 Å². The van der Waals surface area contributed by atoms with E-state index in [1.165, 1.54) is 22.3 Å². The number of fused-ring (bicyclic) bond motifs is 5. The Labute approximate surface area is 200 Å². The maximum atomic E-state index is 13.3. The van der Waals surface area contributed by atoms with E-state index in [0.717, 1.165) is 0 Å². The number of benzene rings is 2. The van der Waals surface area contributed by atoms with Gasteiger partial charge in [-0.3, -0.25) is 4.90 Å². The SMILES string of the molecule is COC(CCC1(O)CC2COCC(C1)N2C(=O)OCC1c2ccccc2-c2ccccc21)OC. The number of methoxy groups -OCH3 is 2. The van der Waals surface area contributed by atoms with Crippen LogP contribution in [-0.2, 0) is 18.9 Å². The molecule has 2 saturated heterocycles. The second-order valence-electron chi connectivity index (χ2n) is 9.63. The fourth-order valence-corrected chi connectivity index (χ4v) is 5.96. The number of carbonyl (C=O) groups is 1. The average molecular weight is 468 g/mol. The van der Waals surface area contributed by atoms with E-state index >= 15 is 0 Å². The van der Waals surface area contributed by atoms with Gasteiger partial charge < -0.3 is 24.1 Å². The van der Waals surface area contributed by atoms with E-state index in [0.29, 0.717) is 38.9 Å². The van der Waals surface area contributed by atoms with Crippen molar-refractivity contribution in [2.45, 2.75) is 55.6 Å². The van der Waals surface area contributed by atoms with Gasteiger partial charge in [0.2, 0.25) is 0 Å². The molecule has 2 atom stereocenters. The van der Waals surface area contributed by atoms with Gasteiger partial charge in [-0.15, -0.1) is 0 Å². The largest absolute Gasteiger partial charge is 0.448 e. The Hall–Kier alpha value is -2.45. The third-order valence-corrected chi connectivity index (χ3v) is 7.56. The van der Waals surface area contributed by atoms with Crippen molar-refractivity contribution in [3.8, 4) is 11.1 Å². The van der Waals surface area contributed by atoms with Crippen molar-refractivity contribution >= 4 is 6.09 Å². The molecule has 2 bridgehead atoms. The van der Waals surface area contributed by atoms with Crippen LogP contribution >= 0.6 is 0 Å². The summed E-state index contributed by atoms with van der Waals surface area (Å²) in [7, 11) is 3.20. The van der Waals surface area contributed by atoms with Gasteiger partial charge in [0.05, 0.1) is 30.9 Å². The van der Waals surface area contributed by atoms with Crippen LogP contribution in [0.25, 0.3) is 11.1 Å². The molecule has 2 aromatic rings. The third kappa shape index (κ3) is 4.33. The van der Waals surface area contributed by atoms with Gasteiger partial charge >= 0.3 is 6.09 Å². The molecule has 2 heterocycles. The van der Waals surface area contributed by atoms with Gasteiger partial charge in [0.1, 0.15) is 6.61 Å². The Balaban J connectivity index is 1.26. The van der Waals surface area contributed by atoms with Crippen molar-refractivity contribution in [2.75, 3.05) is 34.0 Å². The fourth-order valence-electron chi connectivity index (χ4n) is 5.96. The summed E-state index contributed by atoms with van der Waals surface area (Å²) < 4.78 is 22.2. The molecule has 1 N–H and O–H groups in total. The second-order valence-corrected chi connectivity index (χ2v) is 9.63. The molecule has 1 amide bonds. The van der Waals surface area contributed by atoms with Crippen LogP contribution in [0.3, 0.4) is 0 Å². The molecular weight excluding hydrogens is 434 g/mol. The van der Waals surface area contributed by atoms with E-state index < -0.39 is 5.60 Å². The number of ether oxygens (including phenoxy) is 4. The number of hydrogen-bond donors (Lipinski definition) is 1. The maximum absolute atomic E-state index is 13.3. The maximum Gasteiger partial charge on any atom is 0.410 e. The minimum atomic E-state index is -0.880. The molecular formula is C27H33NO6. The first-order valence-electron chi connectivity index (χ1n) is 12.0. The average Bonchev–Trinajstić information content (AvgIpc) is 3.16. The highest BCUT2D eigenvalue weighted by Crippen LogP contribution is 2.45. The first-order valence-corrected chi connectivity index (χ1v) is 12.0. The predicted octanol–water partition coefficient (Wildman–Crippen LogP) is 3.93. The number of carbonyl (C=O) groups excluding carboxylic acids is 1. The molecule has 2 unspecified atom stereocenters. The van der Waals surface area contributed by atoms with E-state index in [9.17, 15) is 9.90 Å². The molecule has 0 radical (unpaired) electrons. The van der Waals surface area contributed by atoms with Crippen molar-refractivity contribution in [3.63, 3.8) is 0 Å². The van der Waals surface area contributed by atoms with Crippen molar-refractivity contribution in [3.05, 3.63) is 59.7 Å². The molecule has 0 saturated carbocycles. The smallest absolute Gasteiger partial charge is 0.410 e. The Morgan fingerprint density at radius 1 is 1.03 bits per heavy atom. The zero-order valence-electron chi connectivity index (χ0n) is 19.8. The standard InChI is InChI=1S/C27H33NO6/c1-31-25(32-2)11-12-27(30)13-18-15-33-16-19(14-27)28(18)26(29)34-17-24-22-9-5-3-7-20(22)21-8-4-6-10-23(21)24/h3-10,18-19,24-25,30H,11-17H2,1-2H3. The lowest BCUT2D eigenvalue weighted by atomic mass is 9.78. The number of rotatable bonds is 7. The second kappa shape index (κ2) is 9.66. The van der Waals surface area contributed by atoms with Crippen molar-refractivity contribution in [1.82, 2.24) is 4.90 Å². The monoisotopic (exact) mass is 467 g/mol. The van der Waals surface area contributed by atoms with Crippen LogP contribution in [0.1, 0.15) is 42.7 Å². The fraction of sp³-hybridized carbons (Fsp3) is 0.519. The first-order chi connectivity index (χ1) is 16.5. The summed E-state index contributed by atoms with van der Waals surface area (Å²) in [6.45, 7) is 1.10. The van der Waals surface area contributed by atoms with Crippen molar-refractivity contribution in [1.29, 1.82) is 0 Å². The lowest BCUT2D eigenvalue weighted by Gasteiger charge is -2.51. The Morgan fingerprint density at radius 2 is 1.59 bits per heavy atom. The molecule has 7 heteroatoms. The summed E-state index contributed by atoms with van der Waals surface area (Å²) in [5.41, 5.74) is 3.92. The van der Waals surface area contributed by atoms with Crippen LogP contribution in [-0.4, -0.2) is 74.1 Å². The number of piperidine rings is 1. The number of amides is 1. The number of hydrogen-bond acceptors (Lipinski definition) is 6. The van der Waals surface area contributed by atoms with Crippen molar-refractivity contribution < 1.29 is 28.8 Å². The number of morpholine rings is 1. The van der Waals surface area contributed by atoms with Crippen molar-refractivity contribution in [2.24, 2.45) is 0 Å². The Kier molecular flexibility index (Phi) is 6.62. The summed E-state index contributed by atoms with van der Waals surface area (Å²) in [6.07, 6.45) is 1.37.